The molecule has 1 atom stereocenters. The van der Waals surface area contributed by atoms with E-state index in [1.165, 1.54) is 6.07 Å². The topological polar surface area (TPSA) is 112 Å². The zero-order valence-electron chi connectivity index (χ0n) is 9.54. The van der Waals surface area contributed by atoms with Gasteiger partial charge in [-0.15, -0.1) is 0 Å². The van der Waals surface area contributed by atoms with Crippen LogP contribution in [-0.4, -0.2) is 27.7 Å². The number of aliphatic hydroxyl groups is 1. The van der Waals surface area contributed by atoms with Crippen molar-refractivity contribution in [2.75, 3.05) is 11.9 Å². The fourth-order valence-corrected chi connectivity index (χ4v) is 1.63. The number of hydrogen-bond donors (Lipinski definition) is 2. The van der Waals surface area contributed by atoms with Crippen LogP contribution in [-0.2, 0) is 0 Å². The van der Waals surface area contributed by atoms with Gasteiger partial charge in [0, 0.05) is 12.6 Å². The smallest absolute Gasteiger partial charge is 0.289 e. The van der Waals surface area contributed by atoms with Crippen LogP contribution in [0.5, 0.6) is 0 Å². The zero-order chi connectivity index (χ0) is 13.1. The molecule has 18 heavy (non-hydrogen) atoms. The number of nitrogens with one attached hydrogen (secondary N) is 1. The average Bonchev–Trinajstić information content (AvgIpc) is 3.19. The fraction of sp³-hybridized carbons (Fsp3) is 0.455. The van der Waals surface area contributed by atoms with Crippen molar-refractivity contribution in [3.63, 3.8) is 0 Å². The van der Waals surface area contributed by atoms with E-state index < -0.39 is 11.0 Å². The highest BCUT2D eigenvalue weighted by Gasteiger charge is 2.29. The highest BCUT2D eigenvalue weighted by Crippen LogP contribution is 2.32. The van der Waals surface area contributed by atoms with Gasteiger partial charge < -0.3 is 10.4 Å². The molecule has 1 aromatic heterocycles. The lowest BCUT2D eigenvalue weighted by Crippen LogP contribution is -2.22. The maximum absolute atomic E-state index is 10.5. The molecular weight excluding hydrogens is 236 g/mol. The number of hydrogen-bond acceptors (Lipinski definition) is 6. The number of aromatic nitrogens is 1. The number of anilines is 1. The Balaban J connectivity index is 2.07. The molecule has 1 fully saturated rings. The number of nitrogens with zero attached hydrogens (tertiary/aromatic N) is 3. The molecule has 0 spiro atoms. The second-order valence-electron chi connectivity index (χ2n) is 4.24. The van der Waals surface area contributed by atoms with E-state index in [0.717, 1.165) is 19.0 Å². The van der Waals surface area contributed by atoms with Crippen LogP contribution < -0.4 is 5.32 Å². The summed E-state index contributed by atoms with van der Waals surface area (Å²) < 4.78 is 0. The summed E-state index contributed by atoms with van der Waals surface area (Å²) in [6.45, 7) is 0.296. The summed E-state index contributed by atoms with van der Waals surface area (Å²) in [7, 11) is 0. The van der Waals surface area contributed by atoms with Gasteiger partial charge in [0.1, 0.15) is 23.6 Å². The highest BCUT2D eigenvalue weighted by atomic mass is 16.6. The average molecular weight is 248 g/mol. The Morgan fingerprint density at radius 1 is 1.72 bits per heavy atom. The molecule has 1 unspecified atom stereocenters. The molecule has 7 nitrogen and oxygen atoms in total. The van der Waals surface area contributed by atoms with E-state index in [1.807, 2.05) is 6.07 Å². The first-order valence-corrected chi connectivity index (χ1v) is 5.58. The standard InChI is InChI=1S/C11H12N4O3/c12-4-8-3-9(15(17)18)5-13-11(8)14-6-10(16)7-1-2-7/h3,5,7,10,16H,1-2,6H2,(H,13,14). The van der Waals surface area contributed by atoms with E-state index in [-0.39, 0.29) is 17.1 Å². The summed E-state index contributed by atoms with van der Waals surface area (Å²) in [4.78, 5) is 13.8. The lowest BCUT2D eigenvalue weighted by molar-refractivity contribution is -0.385. The summed E-state index contributed by atoms with van der Waals surface area (Å²) in [5, 5.41) is 32.0. The van der Waals surface area contributed by atoms with Crippen LogP contribution in [0.4, 0.5) is 11.5 Å². The van der Waals surface area contributed by atoms with Crippen molar-refractivity contribution in [2.45, 2.75) is 18.9 Å². The van der Waals surface area contributed by atoms with Crippen molar-refractivity contribution in [3.05, 3.63) is 27.9 Å². The number of nitro groups is 1. The van der Waals surface area contributed by atoms with Crippen LogP contribution in [0.3, 0.4) is 0 Å². The second kappa shape index (κ2) is 4.98. The fourth-order valence-electron chi connectivity index (χ4n) is 1.63. The van der Waals surface area contributed by atoms with Crippen molar-refractivity contribution in [2.24, 2.45) is 5.92 Å². The molecule has 0 radical (unpaired) electrons. The predicted octanol–water partition coefficient (Wildman–Crippen LogP) is 1.04. The van der Waals surface area contributed by atoms with Crippen molar-refractivity contribution < 1.29 is 10.0 Å². The van der Waals surface area contributed by atoms with Gasteiger partial charge in [-0.1, -0.05) is 0 Å². The van der Waals surface area contributed by atoms with E-state index in [4.69, 9.17) is 5.26 Å². The maximum Gasteiger partial charge on any atom is 0.289 e. The molecule has 1 saturated carbocycles. The van der Waals surface area contributed by atoms with Gasteiger partial charge in [0.25, 0.3) is 5.69 Å². The monoisotopic (exact) mass is 248 g/mol. The lowest BCUT2D eigenvalue weighted by Gasteiger charge is -2.11. The van der Waals surface area contributed by atoms with Gasteiger partial charge in [0.2, 0.25) is 0 Å². The van der Waals surface area contributed by atoms with Crippen molar-refractivity contribution in [1.29, 1.82) is 5.26 Å². The van der Waals surface area contributed by atoms with Crippen molar-refractivity contribution >= 4 is 11.5 Å². The molecule has 0 aliphatic heterocycles. The number of pyridine rings is 1. The quantitative estimate of drug-likeness (QED) is 0.594. The molecule has 0 amide bonds. The number of nitriles is 1. The molecule has 1 heterocycles. The van der Waals surface area contributed by atoms with Crippen LogP contribution in [0.15, 0.2) is 12.3 Å². The largest absolute Gasteiger partial charge is 0.391 e. The molecule has 1 aliphatic rings. The number of rotatable bonds is 5. The molecule has 0 bridgehead atoms. The third-order valence-corrected chi connectivity index (χ3v) is 2.85. The molecular formula is C11H12N4O3. The highest BCUT2D eigenvalue weighted by molar-refractivity contribution is 5.55. The van der Waals surface area contributed by atoms with E-state index in [9.17, 15) is 15.2 Å². The minimum absolute atomic E-state index is 0.104. The van der Waals surface area contributed by atoms with Crippen LogP contribution in [0, 0.1) is 27.4 Å². The Kier molecular flexibility index (Phi) is 3.39. The number of aliphatic hydroxyl groups excluding tert-OH is 1. The van der Waals surface area contributed by atoms with Crippen LogP contribution in [0.25, 0.3) is 0 Å². The first-order chi connectivity index (χ1) is 8.61. The summed E-state index contributed by atoms with van der Waals surface area (Å²) >= 11 is 0. The Morgan fingerprint density at radius 2 is 2.44 bits per heavy atom. The third-order valence-electron chi connectivity index (χ3n) is 2.85. The van der Waals surface area contributed by atoms with Gasteiger partial charge in [-0.2, -0.15) is 5.26 Å². The molecule has 0 aromatic carbocycles. The molecule has 2 N–H and O–H groups in total. The van der Waals surface area contributed by atoms with Crippen molar-refractivity contribution in [3.8, 4) is 6.07 Å². The van der Waals surface area contributed by atoms with Gasteiger partial charge in [-0.05, 0) is 18.8 Å². The maximum atomic E-state index is 10.5. The summed E-state index contributed by atoms with van der Waals surface area (Å²) in [6, 6.07) is 3.01. The van der Waals surface area contributed by atoms with E-state index in [0.29, 0.717) is 12.5 Å². The van der Waals surface area contributed by atoms with Gasteiger partial charge in [0.15, 0.2) is 0 Å². The van der Waals surface area contributed by atoms with E-state index >= 15 is 0 Å². The van der Waals surface area contributed by atoms with Crippen LogP contribution in [0.1, 0.15) is 18.4 Å². The summed E-state index contributed by atoms with van der Waals surface area (Å²) in [5.41, 5.74) is -0.118. The second-order valence-corrected chi connectivity index (χ2v) is 4.24. The lowest BCUT2D eigenvalue weighted by atomic mass is 10.2. The van der Waals surface area contributed by atoms with Gasteiger partial charge in [-0.3, -0.25) is 10.1 Å². The first-order valence-electron chi connectivity index (χ1n) is 5.58. The Labute approximate surface area is 103 Å². The Bertz CT molecular complexity index is 508. The van der Waals surface area contributed by atoms with Gasteiger partial charge >= 0.3 is 0 Å². The van der Waals surface area contributed by atoms with Gasteiger partial charge in [0.05, 0.1) is 11.0 Å². The summed E-state index contributed by atoms with van der Waals surface area (Å²) in [6.07, 6.45) is 2.66. The van der Waals surface area contributed by atoms with Gasteiger partial charge in [-0.25, -0.2) is 4.98 Å². The normalized spacial score (nSPS) is 15.8. The van der Waals surface area contributed by atoms with Crippen LogP contribution >= 0.6 is 0 Å². The van der Waals surface area contributed by atoms with E-state index in [1.54, 1.807) is 0 Å². The van der Waals surface area contributed by atoms with E-state index in [2.05, 4.69) is 10.3 Å². The molecule has 7 heteroatoms. The third kappa shape index (κ3) is 2.73. The van der Waals surface area contributed by atoms with Crippen LogP contribution in [0.2, 0.25) is 0 Å². The molecule has 94 valence electrons. The van der Waals surface area contributed by atoms with Crippen molar-refractivity contribution in [1.82, 2.24) is 4.98 Å². The molecule has 0 saturated heterocycles. The first kappa shape index (κ1) is 12.3. The molecule has 1 aliphatic carbocycles. The molecule has 1 aromatic rings. The molecule has 2 rings (SSSR count). The predicted molar refractivity (Wildman–Crippen MR) is 62.8 cm³/mol. The summed E-state index contributed by atoms with van der Waals surface area (Å²) in [5.74, 6) is 0.587. The Hall–Kier alpha value is -2.20. The Morgan fingerprint density at radius 3 is 3.00 bits per heavy atom. The minimum atomic E-state index is -0.601. The minimum Gasteiger partial charge on any atom is -0.391 e. The SMILES string of the molecule is N#Cc1cc([N+](=O)[O-])cnc1NCC(O)C1CC1. The zero-order valence-corrected chi connectivity index (χ0v) is 9.54.